The number of phenols is 1. The molecule has 0 fully saturated rings. The van der Waals surface area contributed by atoms with Gasteiger partial charge in [0.2, 0.25) is 0 Å². The molecular weight excluding hydrogens is 266 g/mol. The molecular formula is C16H23N3O2. The summed E-state index contributed by atoms with van der Waals surface area (Å²) in [5.41, 5.74) is 3.26. The number of aromatic amines is 1. The lowest BCUT2D eigenvalue weighted by Crippen LogP contribution is -2.15. The first-order valence-corrected chi connectivity index (χ1v) is 7.35. The van der Waals surface area contributed by atoms with Crippen LogP contribution in [-0.2, 0) is 13.0 Å². The van der Waals surface area contributed by atoms with Crippen molar-refractivity contribution in [1.29, 1.82) is 0 Å². The second kappa shape index (κ2) is 7.69. The van der Waals surface area contributed by atoms with Crippen LogP contribution in [0.3, 0.4) is 0 Å². The standard InChI is InChI=1S/C16H23N3O2/c1-3-21-15-8-4-6-14(16(15)20)10-17-9-5-7-13-11-18-19-12(13)2/h4,6,8,11,17,20H,3,5,7,9-10H2,1-2H3,(H,18,19). The Morgan fingerprint density at radius 1 is 1.33 bits per heavy atom. The third-order valence-corrected chi connectivity index (χ3v) is 3.43. The van der Waals surface area contributed by atoms with Crippen molar-refractivity contribution in [1.82, 2.24) is 15.5 Å². The maximum absolute atomic E-state index is 10.1. The van der Waals surface area contributed by atoms with Gasteiger partial charge in [-0.05, 0) is 44.9 Å². The van der Waals surface area contributed by atoms with Gasteiger partial charge in [-0.2, -0.15) is 5.10 Å². The molecule has 0 bridgehead atoms. The maximum atomic E-state index is 10.1. The molecule has 0 saturated carbocycles. The zero-order chi connectivity index (χ0) is 15.1. The highest BCUT2D eigenvalue weighted by Crippen LogP contribution is 2.29. The fourth-order valence-electron chi connectivity index (χ4n) is 2.24. The van der Waals surface area contributed by atoms with Crippen LogP contribution in [0.15, 0.2) is 24.4 Å². The average molecular weight is 289 g/mol. The highest BCUT2D eigenvalue weighted by atomic mass is 16.5. The number of aromatic hydroxyl groups is 1. The van der Waals surface area contributed by atoms with E-state index < -0.39 is 0 Å². The molecule has 1 aromatic carbocycles. The van der Waals surface area contributed by atoms with Crippen molar-refractivity contribution in [2.24, 2.45) is 0 Å². The largest absolute Gasteiger partial charge is 0.504 e. The molecule has 0 spiro atoms. The van der Waals surface area contributed by atoms with Gasteiger partial charge >= 0.3 is 0 Å². The number of hydrogen-bond acceptors (Lipinski definition) is 4. The topological polar surface area (TPSA) is 70.2 Å². The van der Waals surface area contributed by atoms with Gasteiger partial charge in [0, 0.05) is 17.8 Å². The second-order valence-electron chi connectivity index (χ2n) is 5.00. The van der Waals surface area contributed by atoms with E-state index >= 15 is 0 Å². The van der Waals surface area contributed by atoms with E-state index in [1.165, 1.54) is 5.56 Å². The molecule has 3 N–H and O–H groups in total. The van der Waals surface area contributed by atoms with Gasteiger partial charge in [0.05, 0.1) is 12.8 Å². The lowest BCUT2D eigenvalue weighted by Gasteiger charge is -2.11. The van der Waals surface area contributed by atoms with Crippen LogP contribution in [0.4, 0.5) is 0 Å². The summed E-state index contributed by atoms with van der Waals surface area (Å²) in [6.07, 6.45) is 3.92. The Bertz CT molecular complexity index is 566. The highest BCUT2D eigenvalue weighted by molar-refractivity contribution is 5.45. The number of para-hydroxylation sites is 1. The van der Waals surface area contributed by atoms with Crippen LogP contribution < -0.4 is 10.1 Å². The first kappa shape index (κ1) is 15.4. The number of benzene rings is 1. The van der Waals surface area contributed by atoms with E-state index in [-0.39, 0.29) is 5.75 Å². The number of H-pyrrole nitrogens is 1. The van der Waals surface area contributed by atoms with Crippen molar-refractivity contribution >= 4 is 0 Å². The SMILES string of the molecule is CCOc1cccc(CNCCCc2cn[nH]c2C)c1O. The molecule has 0 aliphatic heterocycles. The molecule has 1 heterocycles. The van der Waals surface area contributed by atoms with Crippen molar-refractivity contribution in [2.45, 2.75) is 33.2 Å². The van der Waals surface area contributed by atoms with E-state index in [0.29, 0.717) is 18.9 Å². The van der Waals surface area contributed by atoms with Gasteiger partial charge in [-0.1, -0.05) is 12.1 Å². The van der Waals surface area contributed by atoms with Crippen LogP contribution >= 0.6 is 0 Å². The minimum Gasteiger partial charge on any atom is -0.504 e. The highest BCUT2D eigenvalue weighted by Gasteiger charge is 2.07. The van der Waals surface area contributed by atoms with Gasteiger partial charge in [0.25, 0.3) is 0 Å². The molecule has 0 radical (unpaired) electrons. The fraction of sp³-hybridized carbons (Fsp3) is 0.438. The lowest BCUT2D eigenvalue weighted by molar-refractivity contribution is 0.316. The predicted octanol–water partition coefficient (Wildman–Crippen LogP) is 2.54. The first-order chi connectivity index (χ1) is 10.2. The summed E-state index contributed by atoms with van der Waals surface area (Å²) in [5.74, 6) is 0.781. The molecule has 0 amide bonds. The van der Waals surface area contributed by atoms with Gasteiger partial charge in [0.1, 0.15) is 0 Å². The summed E-state index contributed by atoms with van der Waals surface area (Å²) < 4.78 is 5.38. The van der Waals surface area contributed by atoms with Crippen molar-refractivity contribution in [3.8, 4) is 11.5 Å². The quantitative estimate of drug-likeness (QED) is 0.653. The normalized spacial score (nSPS) is 10.8. The zero-order valence-corrected chi connectivity index (χ0v) is 12.6. The molecule has 2 aromatic rings. The molecule has 0 saturated heterocycles. The Labute approximate surface area is 125 Å². The van der Waals surface area contributed by atoms with Crippen LogP contribution in [0.5, 0.6) is 11.5 Å². The van der Waals surface area contributed by atoms with Gasteiger partial charge < -0.3 is 15.2 Å². The average Bonchev–Trinajstić information content (AvgIpc) is 2.88. The van der Waals surface area contributed by atoms with Crippen molar-refractivity contribution in [3.63, 3.8) is 0 Å². The fourth-order valence-corrected chi connectivity index (χ4v) is 2.24. The zero-order valence-electron chi connectivity index (χ0n) is 12.6. The number of aryl methyl sites for hydroxylation is 2. The summed E-state index contributed by atoms with van der Waals surface area (Å²) in [5, 5.41) is 20.4. The second-order valence-corrected chi connectivity index (χ2v) is 5.00. The molecule has 0 atom stereocenters. The molecule has 0 aliphatic rings. The third-order valence-electron chi connectivity index (χ3n) is 3.43. The van der Waals surface area contributed by atoms with Gasteiger partial charge in [-0.15, -0.1) is 0 Å². The molecule has 5 heteroatoms. The first-order valence-electron chi connectivity index (χ1n) is 7.35. The van der Waals surface area contributed by atoms with E-state index in [2.05, 4.69) is 15.5 Å². The maximum Gasteiger partial charge on any atom is 0.162 e. The predicted molar refractivity (Wildman–Crippen MR) is 82.6 cm³/mol. The molecule has 2 rings (SSSR count). The number of nitrogens with one attached hydrogen (secondary N) is 2. The molecule has 21 heavy (non-hydrogen) atoms. The minimum atomic E-state index is 0.234. The number of phenolic OH excluding ortho intramolecular Hbond substituents is 1. The van der Waals surface area contributed by atoms with E-state index in [1.54, 1.807) is 6.07 Å². The number of ether oxygens (including phenoxy) is 1. The van der Waals surface area contributed by atoms with E-state index in [9.17, 15) is 5.11 Å². The number of nitrogens with zero attached hydrogens (tertiary/aromatic N) is 1. The number of aromatic nitrogens is 2. The van der Waals surface area contributed by atoms with E-state index in [0.717, 1.165) is 30.6 Å². The Balaban J connectivity index is 1.76. The number of hydrogen-bond donors (Lipinski definition) is 3. The van der Waals surface area contributed by atoms with Gasteiger partial charge in [-0.25, -0.2) is 0 Å². The van der Waals surface area contributed by atoms with E-state index in [4.69, 9.17) is 4.74 Å². The summed E-state index contributed by atoms with van der Waals surface area (Å²) in [6, 6.07) is 5.59. The van der Waals surface area contributed by atoms with Crippen LogP contribution in [0.2, 0.25) is 0 Å². The third kappa shape index (κ3) is 4.23. The summed E-state index contributed by atoms with van der Waals surface area (Å²) >= 11 is 0. The van der Waals surface area contributed by atoms with Gasteiger partial charge in [0.15, 0.2) is 11.5 Å². The van der Waals surface area contributed by atoms with E-state index in [1.807, 2.05) is 32.2 Å². The molecule has 0 unspecified atom stereocenters. The lowest BCUT2D eigenvalue weighted by atomic mass is 10.1. The Morgan fingerprint density at radius 2 is 2.19 bits per heavy atom. The van der Waals surface area contributed by atoms with Crippen molar-refractivity contribution < 1.29 is 9.84 Å². The Morgan fingerprint density at radius 3 is 2.90 bits per heavy atom. The molecule has 0 aliphatic carbocycles. The van der Waals surface area contributed by atoms with Crippen LogP contribution in [0, 0.1) is 6.92 Å². The van der Waals surface area contributed by atoms with Crippen molar-refractivity contribution in [3.05, 3.63) is 41.2 Å². The van der Waals surface area contributed by atoms with Crippen molar-refractivity contribution in [2.75, 3.05) is 13.2 Å². The van der Waals surface area contributed by atoms with Gasteiger partial charge in [-0.3, -0.25) is 5.10 Å². The summed E-state index contributed by atoms with van der Waals surface area (Å²) in [6.45, 7) is 6.02. The van der Waals surface area contributed by atoms with Crippen LogP contribution in [0.1, 0.15) is 30.2 Å². The molecule has 1 aromatic heterocycles. The number of rotatable bonds is 8. The molecule has 114 valence electrons. The minimum absolute atomic E-state index is 0.234. The smallest absolute Gasteiger partial charge is 0.162 e. The monoisotopic (exact) mass is 289 g/mol. The Hall–Kier alpha value is -2.01. The van der Waals surface area contributed by atoms with Crippen LogP contribution in [-0.4, -0.2) is 28.5 Å². The summed E-state index contributed by atoms with van der Waals surface area (Å²) in [4.78, 5) is 0. The molecule has 5 nitrogen and oxygen atoms in total. The Kier molecular flexibility index (Phi) is 5.63. The summed E-state index contributed by atoms with van der Waals surface area (Å²) in [7, 11) is 0. The van der Waals surface area contributed by atoms with Crippen LogP contribution in [0.25, 0.3) is 0 Å².